The van der Waals surface area contributed by atoms with Gasteiger partial charge in [-0.05, 0) is 18.6 Å². The van der Waals surface area contributed by atoms with Gasteiger partial charge in [0.1, 0.15) is 17.5 Å². The number of nitrogens with one attached hydrogen (secondary N) is 1. The van der Waals surface area contributed by atoms with E-state index >= 15 is 0 Å². The molecule has 0 radical (unpaired) electrons. The first-order chi connectivity index (χ1) is 8.45. The zero-order valence-electron chi connectivity index (χ0n) is 9.46. The minimum absolute atomic E-state index is 0.0694. The third-order valence-corrected chi connectivity index (χ3v) is 2.23. The summed E-state index contributed by atoms with van der Waals surface area (Å²) < 4.78 is 0. The number of carbonyl (C=O) groups excluding carboxylic acids is 1. The lowest BCUT2D eigenvalue weighted by atomic mass is 10.1. The fraction of sp³-hybridized carbons (Fsp3) is 0.167. The summed E-state index contributed by atoms with van der Waals surface area (Å²) in [5.41, 5.74) is -0.108. The quantitative estimate of drug-likeness (QED) is 0.580. The zero-order chi connectivity index (χ0) is 13.7. The van der Waals surface area contributed by atoms with E-state index < -0.39 is 23.7 Å². The van der Waals surface area contributed by atoms with Crippen molar-refractivity contribution in [3.05, 3.63) is 36.4 Å². The number of rotatable bonds is 5. The number of carboxylic acid groups (broad SMARTS) is 1. The van der Waals surface area contributed by atoms with Crippen LogP contribution in [0.25, 0.3) is 0 Å². The first-order valence-corrected chi connectivity index (χ1v) is 5.12. The smallest absolute Gasteiger partial charge is 0.326 e. The highest BCUT2D eigenvalue weighted by molar-refractivity contribution is 5.99. The average molecular weight is 251 g/mol. The molecule has 1 aromatic rings. The minimum atomic E-state index is -1.19. The van der Waals surface area contributed by atoms with Crippen LogP contribution in [0, 0.1) is 0 Å². The molecule has 96 valence electrons. The maximum absolute atomic E-state index is 11.7. The van der Waals surface area contributed by atoms with E-state index in [1.54, 1.807) is 0 Å². The highest BCUT2D eigenvalue weighted by Crippen LogP contribution is 2.22. The standard InChI is InChI=1S/C12H13NO5/c1-2-3-9(12(17)18)13-11(16)8-5-4-7(14)6-10(8)15/h2,4-6,9,14-15H,1,3H2,(H,13,16)(H,17,18). The molecule has 6 nitrogen and oxygen atoms in total. The van der Waals surface area contributed by atoms with Crippen molar-refractivity contribution in [2.45, 2.75) is 12.5 Å². The Morgan fingerprint density at radius 3 is 2.56 bits per heavy atom. The van der Waals surface area contributed by atoms with Crippen molar-refractivity contribution in [2.75, 3.05) is 0 Å². The van der Waals surface area contributed by atoms with E-state index in [1.165, 1.54) is 18.2 Å². The second-order valence-electron chi connectivity index (χ2n) is 3.59. The van der Waals surface area contributed by atoms with Crippen molar-refractivity contribution in [3.63, 3.8) is 0 Å². The Labute approximate surface area is 103 Å². The second-order valence-corrected chi connectivity index (χ2v) is 3.59. The Morgan fingerprint density at radius 1 is 1.39 bits per heavy atom. The zero-order valence-corrected chi connectivity index (χ0v) is 9.46. The van der Waals surface area contributed by atoms with Crippen molar-refractivity contribution >= 4 is 11.9 Å². The fourth-order valence-corrected chi connectivity index (χ4v) is 1.34. The van der Waals surface area contributed by atoms with Gasteiger partial charge in [-0.1, -0.05) is 6.08 Å². The van der Waals surface area contributed by atoms with Crippen LogP contribution in [-0.4, -0.2) is 33.2 Å². The number of carboxylic acids is 1. The lowest BCUT2D eigenvalue weighted by molar-refractivity contribution is -0.139. The van der Waals surface area contributed by atoms with E-state index in [-0.39, 0.29) is 17.7 Å². The summed E-state index contributed by atoms with van der Waals surface area (Å²) in [7, 11) is 0. The van der Waals surface area contributed by atoms with Gasteiger partial charge in [-0.2, -0.15) is 0 Å². The maximum atomic E-state index is 11.7. The molecule has 1 aromatic carbocycles. The summed E-state index contributed by atoms with van der Waals surface area (Å²) in [6.45, 7) is 3.39. The Hall–Kier alpha value is -2.50. The Kier molecular flexibility index (Phi) is 4.31. The van der Waals surface area contributed by atoms with Gasteiger partial charge >= 0.3 is 5.97 Å². The van der Waals surface area contributed by atoms with Crippen LogP contribution in [0.5, 0.6) is 11.5 Å². The lowest BCUT2D eigenvalue weighted by Gasteiger charge is -2.13. The molecule has 0 aromatic heterocycles. The number of aliphatic carboxylic acids is 1. The molecule has 0 aliphatic heterocycles. The lowest BCUT2D eigenvalue weighted by Crippen LogP contribution is -2.40. The van der Waals surface area contributed by atoms with E-state index in [1.807, 2.05) is 0 Å². The Morgan fingerprint density at radius 2 is 2.06 bits per heavy atom. The first-order valence-electron chi connectivity index (χ1n) is 5.12. The fourth-order valence-electron chi connectivity index (χ4n) is 1.34. The summed E-state index contributed by atoms with van der Waals surface area (Å²) in [5, 5.41) is 29.6. The van der Waals surface area contributed by atoms with Crippen LogP contribution in [0.1, 0.15) is 16.8 Å². The average Bonchev–Trinajstić information content (AvgIpc) is 2.27. The van der Waals surface area contributed by atoms with E-state index in [9.17, 15) is 14.7 Å². The normalized spacial score (nSPS) is 11.6. The molecule has 0 saturated carbocycles. The van der Waals surface area contributed by atoms with Crippen LogP contribution in [0.2, 0.25) is 0 Å². The highest BCUT2D eigenvalue weighted by Gasteiger charge is 2.20. The molecule has 1 unspecified atom stereocenters. The molecule has 1 atom stereocenters. The number of benzene rings is 1. The van der Waals surface area contributed by atoms with Crippen LogP contribution in [0.3, 0.4) is 0 Å². The molecule has 0 aliphatic rings. The maximum Gasteiger partial charge on any atom is 0.326 e. The van der Waals surface area contributed by atoms with Gasteiger partial charge in [0.25, 0.3) is 5.91 Å². The van der Waals surface area contributed by atoms with Gasteiger partial charge in [-0.15, -0.1) is 6.58 Å². The van der Waals surface area contributed by atoms with Gasteiger partial charge in [0.2, 0.25) is 0 Å². The molecule has 6 heteroatoms. The molecule has 0 spiro atoms. The summed E-state index contributed by atoms with van der Waals surface area (Å²) in [6, 6.07) is 2.31. The second kappa shape index (κ2) is 5.72. The molecule has 0 bridgehead atoms. The molecule has 18 heavy (non-hydrogen) atoms. The van der Waals surface area contributed by atoms with E-state index in [4.69, 9.17) is 10.2 Å². The molecule has 1 rings (SSSR count). The minimum Gasteiger partial charge on any atom is -0.508 e. The topological polar surface area (TPSA) is 107 Å². The van der Waals surface area contributed by atoms with Crippen LogP contribution in [0.4, 0.5) is 0 Å². The number of hydrogen-bond acceptors (Lipinski definition) is 4. The summed E-state index contributed by atoms with van der Waals surface area (Å²) >= 11 is 0. The number of aromatic hydroxyl groups is 2. The molecule has 0 heterocycles. The third kappa shape index (κ3) is 3.24. The summed E-state index contributed by atoms with van der Waals surface area (Å²) in [4.78, 5) is 22.5. The van der Waals surface area contributed by atoms with Gasteiger partial charge in [0.05, 0.1) is 5.56 Å². The first kappa shape index (κ1) is 13.6. The van der Waals surface area contributed by atoms with Crippen molar-refractivity contribution < 1.29 is 24.9 Å². The Balaban J connectivity index is 2.86. The monoisotopic (exact) mass is 251 g/mol. The largest absolute Gasteiger partial charge is 0.508 e. The third-order valence-electron chi connectivity index (χ3n) is 2.23. The van der Waals surface area contributed by atoms with Crippen molar-refractivity contribution in [3.8, 4) is 11.5 Å². The van der Waals surface area contributed by atoms with Crippen LogP contribution < -0.4 is 5.32 Å². The molecule has 0 fully saturated rings. The van der Waals surface area contributed by atoms with E-state index in [0.717, 1.165) is 6.07 Å². The van der Waals surface area contributed by atoms with Gasteiger partial charge in [-0.3, -0.25) is 4.79 Å². The summed E-state index contributed by atoms with van der Waals surface area (Å²) in [5.74, 6) is -2.54. The number of hydrogen-bond donors (Lipinski definition) is 4. The van der Waals surface area contributed by atoms with Gasteiger partial charge in [-0.25, -0.2) is 4.79 Å². The predicted molar refractivity (Wildman–Crippen MR) is 63.5 cm³/mol. The van der Waals surface area contributed by atoms with Crippen LogP contribution >= 0.6 is 0 Å². The van der Waals surface area contributed by atoms with Crippen molar-refractivity contribution in [1.82, 2.24) is 5.32 Å². The summed E-state index contributed by atoms with van der Waals surface area (Å²) in [6.07, 6.45) is 1.44. The van der Waals surface area contributed by atoms with E-state index in [2.05, 4.69) is 11.9 Å². The molecular weight excluding hydrogens is 238 g/mol. The Bertz CT molecular complexity index is 483. The molecule has 0 saturated heterocycles. The SMILES string of the molecule is C=CCC(NC(=O)c1ccc(O)cc1O)C(=O)O. The highest BCUT2D eigenvalue weighted by atomic mass is 16.4. The number of amides is 1. The van der Waals surface area contributed by atoms with Crippen molar-refractivity contribution in [2.24, 2.45) is 0 Å². The van der Waals surface area contributed by atoms with E-state index in [0.29, 0.717) is 0 Å². The van der Waals surface area contributed by atoms with Gasteiger partial charge in [0, 0.05) is 6.07 Å². The number of phenols is 2. The molecule has 0 aliphatic carbocycles. The van der Waals surface area contributed by atoms with Crippen LogP contribution in [0.15, 0.2) is 30.9 Å². The molecular formula is C12H13NO5. The molecule has 4 N–H and O–H groups in total. The molecule has 1 amide bonds. The van der Waals surface area contributed by atoms with Crippen molar-refractivity contribution in [1.29, 1.82) is 0 Å². The van der Waals surface area contributed by atoms with Crippen LogP contribution in [-0.2, 0) is 4.79 Å². The van der Waals surface area contributed by atoms with Gasteiger partial charge < -0.3 is 20.6 Å². The van der Waals surface area contributed by atoms with Gasteiger partial charge in [0.15, 0.2) is 0 Å². The predicted octanol–water partition coefficient (Wildman–Crippen LogP) is 0.857. The number of carbonyl (C=O) groups is 2. The number of phenolic OH excluding ortho intramolecular Hbond substituents is 2.